The van der Waals surface area contributed by atoms with Gasteiger partial charge in [0.2, 0.25) is 5.91 Å². The van der Waals surface area contributed by atoms with Crippen LogP contribution in [0.15, 0.2) is 18.2 Å². The highest BCUT2D eigenvalue weighted by Crippen LogP contribution is 2.24. The number of nitrogens with zero attached hydrogens (tertiary/aromatic N) is 1. The quantitative estimate of drug-likeness (QED) is 0.796. The first-order valence-electron chi connectivity index (χ1n) is 6.40. The number of nitrogens with two attached hydrogens (primary N) is 1. The summed E-state index contributed by atoms with van der Waals surface area (Å²) < 4.78 is 0. The van der Waals surface area contributed by atoms with Crippen LogP contribution in [0, 0.1) is 5.92 Å². The summed E-state index contributed by atoms with van der Waals surface area (Å²) in [7, 11) is 1.44. The zero-order valence-electron chi connectivity index (χ0n) is 11.5. The van der Waals surface area contributed by atoms with Crippen LogP contribution in [0.2, 0.25) is 0 Å². The Balaban J connectivity index is 2.15. The molecule has 0 aromatic heterocycles. The van der Waals surface area contributed by atoms with E-state index in [1.807, 2.05) is 6.92 Å². The number of benzene rings is 1. The van der Waals surface area contributed by atoms with Crippen LogP contribution in [0.1, 0.15) is 34.1 Å². The molecule has 1 heterocycles. The summed E-state index contributed by atoms with van der Waals surface area (Å²) in [6.45, 7) is 2.33. The van der Waals surface area contributed by atoms with Crippen molar-refractivity contribution in [1.29, 1.82) is 0 Å². The maximum Gasteiger partial charge on any atom is 0.261 e. The number of amides is 3. The van der Waals surface area contributed by atoms with Gasteiger partial charge in [-0.25, -0.2) is 0 Å². The first kappa shape index (κ1) is 14.2. The van der Waals surface area contributed by atoms with E-state index in [2.05, 4.69) is 5.32 Å². The van der Waals surface area contributed by atoms with Gasteiger partial charge in [0, 0.05) is 19.2 Å². The molecule has 1 aromatic carbocycles. The number of fused-ring (bicyclic) bond motifs is 1. The molecule has 1 unspecified atom stereocenters. The summed E-state index contributed by atoms with van der Waals surface area (Å²) in [6.07, 6.45) is 0.320. The van der Waals surface area contributed by atoms with E-state index >= 15 is 0 Å². The van der Waals surface area contributed by atoms with E-state index < -0.39 is 0 Å². The highest BCUT2D eigenvalue weighted by Gasteiger charge is 2.32. The van der Waals surface area contributed by atoms with Gasteiger partial charge in [0.15, 0.2) is 0 Å². The van der Waals surface area contributed by atoms with Crippen LogP contribution in [0.4, 0.5) is 5.69 Å². The van der Waals surface area contributed by atoms with E-state index in [4.69, 9.17) is 5.73 Å². The zero-order chi connectivity index (χ0) is 14.9. The molecule has 1 aliphatic heterocycles. The van der Waals surface area contributed by atoms with Gasteiger partial charge in [-0.2, -0.15) is 0 Å². The van der Waals surface area contributed by atoms with Crippen molar-refractivity contribution >= 4 is 23.4 Å². The molecule has 3 amide bonds. The second-order valence-corrected chi connectivity index (χ2v) is 5.02. The third-order valence-electron chi connectivity index (χ3n) is 3.31. The molecule has 0 saturated carbocycles. The van der Waals surface area contributed by atoms with Crippen molar-refractivity contribution in [1.82, 2.24) is 4.90 Å². The molecular weight excluding hydrogens is 258 g/mol. The smallest absolute Gasteiger partial charge is 0.261 e. The minimum Gasteiger partial charge on any atom is -0.330 e. The molecule has 0 saturated heterocycles. The Bertz CT molecular complexity index is 583. The lowest BCUT2D eigenvalue weighted by molar-refractivity contribution is -0.116. The standard InChI is InChI=1S/C14H17N3O3/c1-8(7-15)5-12(18)16-9-3-4-10-11(6-9)14(20)17(2)13(10)19/h3-4,6,8H,5,7,15H2,1-2H3,(H,16,18). The van der Waals surface area contributed by atoms with Gasteiger partial charge in [0.05, 0.1) is 11.1 Å². The minimum absolute atomic E-state index is 0.0961. The summed E-state index contributed by atoms with van der Waals surface area (Å²) in [5.74, 6) is -0.733. The highest BCUT2D eigenvalue weighted by molar-refractivity contribution is 6.21. The van der Waals surface area contributed by atoms with Crippen LogP contribution >= 0.6 is 0 Å². The van der Waals surface area contributed by atoms with E-state index in [0.717, 1.165) is 4.90 Å². The topological polar surface area (TPSA) is 92.5 Å². The fourth-order valence-corrected chi connectivity index (χ4v) is 2.05. The van der Waals surface area contributed by atoms with Crippen molar-refractivity contribution < 1.29 is 14.4 Å². The summed E-state index contributed by atoms with van der Waals surface area (Å²) in [5, 5.41) is 2.71. The van der Waals surface area contributed by atoms with Crippen LogP contribution in [0.25, 0.3) is 0 Å². The van der Waals surface area contributed by atoms with Crippen molar-refractivity contribution in [3.05, 3.63) is 29.3 Å². The largest absolute Gasteiger partial charge is 0.330 e. The van der Waals surface area contributed by atoms with Crippen LogP contribution < -0.4 is 11.1 Å². The molecule has 3 N–H and O–H groups in total. The maximum absolute atomic E-state index is 11.8. The summed E-state index contributed by atoms with van der Waals surface area (Å²) in [6, 6.07) is 4.71. The first-order valence-corrected chi connectivity index (χ1v) is 6.40. The van der Waals surface area contributed by atoms with Crippen LogP contribution in [-0.2, 0) is 4.79 Å². The molecule has 0 aliphatic carbocycles. The SMILES string of the molecule is CC(CN)CC(=O)Nc1ccc2c(c1)C(=O)N(C)C2=O. The average Bonchev–Trinajstić information content (AvgIpc) is 2.63. The predicted molar refractivity (Wildman–Crippen MR) is 74.3 cm³/mol. The second kappa shape index (κ2) is 5.42. The lowest BCUT2D eigenvalue weighted by Gasteiger charge is -2.09. The van der Waals surface area contributed by atoms with Gasteiger partial charge in [0.1, 0.15) is 0 Å². The van der Waals surface area contributed by atoms with Gasteiger partial charge in [-0.15, -0.1) is 0 Å². The number of carbonyl (C=O) groups excluding carboxylic acids is 3. The molecule has 1 atom stereocenters. The molecule has 20 heavy (non-hydrogen) atoms. The van der Waals surface area contributed by atoms with Gasteiger partial charge >= 0.3 is 0 Å². The van der Waals surface area contributed by atoms with Crippen molar-refractivity contribution in [2.75, 3.05) is 18.9 Å². The fraction of sp³-hybridized carbons (Fsp3) is 0.357. The average molecular weight is 275 g/mol. The minimum atomic E-state index is -0.351. The van der Waals surface area contributed by atoms with Gasteiger partial charge in [-0.1, -0.05) is 6.92 Å². The van der Waals surface area contributed by atoms with Crippen molar-refractivity contribution in [2.45, 2.75) is 13.3 Å². The van der Waals surface area contributed by atoms with Crippen LogP contribution in [-0.4, -0.2) is 36.2 Å². The van der Waals surface area contributed by atoms with Crippen LogP contribution in [0.3, 0.4) is 0 Å². The number of hydrogen-bond donors (Lipinski definition) is 2. The van der Waals surface area contributed by atoms with Crippen molar-refractivity contribution in [3.63, 3.8) is 0 Å². The van der Waals surface area contributed by atoms with Crippen LogP contribution in [0.5, 0.6) is 0 Å². The Morgan fingerprint density at radius 3 is 2.60 bits per heavy atom. The third kappa shape index (κ3) is 2.55. The molecule has 0 fully saturated rings. The number of carbonyl (C=O) groups is 3. The molecule has 1 aliphatic rings. The molecule has 2 rings (SSSR count). The molecule has 0 radical (unpaired) electrons. The molecule has 0 spiro atoms. The molecule has 6 heteroatoms. The molecule has 106 valence electrons. The Labute approximate surface area is 116 Å². The molecule has 6 nitrogen and oxygen atoms in total. The summed E-state index contributed by atoms with van der Waals surface area (Å²) in [4.78, 5) is 36.4. The molecule has 0 bridgehead atoms. The molecule has 1 aromatic rings. The Morgan fingerprint density at radius 2 is 1.95 bits per heavy atom. The lowest BCUT2D eigenvalue weighted by Crippen LogP contribution is -2.24. The maximum atomic E-state index is 11.8. The van der Waals surface area contributed by atoms with Gasteiger partial charge in [0.25, 0.3) is 11.8 Å². The Morgan fingerprint density at radius 1 is 1.30 bits per heavy atom. The van der Waals surface area contributed by atoms with Gasteiger partial charge < -0.3 is 11.1 Å². The molecular formula is C14H17N3O3. The van der Waals surface area contributed by atoms with Crippen molar-refractivity contribution in [2.24, 2.45) is 11.7 Å². The van der Waals surface area contributed by atoms with Crippen molar-refractivity contribution in [3.8, 4) is 0 Å². The number of anilines is 1. The number of imide groups is 1. The first-order chi connectivity index (χ1) is 9.43. The van der Waals surface area contributed by atoms with E-state index in [9.17, 15) is 14.4 Å². The Kier molecular flexibility index (Phi) is 3.85. The monoisotopic (exact) mass is 275 g/mol. The normalized spacial score (nSPS) is 15.2. The third-order valence-corrected chi connectivity index (χ3v) is 3.31. The Hall–Kier alpha value is -2.21. The van der Waals surface area contributed by atoms with E-state index in [-0.39, 0.29) is 23.6 Å². The van der Waals surface area contributed by atoms with E-state index in [0.29, 0.717) is 29.8 Å². The zero-order valence-corrected chi connectivity index (χ0v) is 11.5. The number of hydrogen-bond acceptors (Lipinski definition) is 4. The van der Waals surface area contributed by atoms with E-state index in [1.165, 1.54) is 13.1 Å². The predicted octanol–water partition coefficient (Wildman–Crippen LogP) is 0.836. The number of rotatable bonds is 4. The fourth-order valence-electron chi connectivity index (χ4n) is 2.05. The van der Waals surface area contributed by atoms with E-state index in [1.54, 1.807) is 12.1 Å². The lowest BCUT2D eigenvalue weighted by atomic mass is 10.1. The van der Waals surface area contributed by atoms with Gasteiger partial charge in [-0.05, 0) is 30.7 Å². The highest BCUT2D eigenvalue weighted by atomic mass is 16.2. The second-order valence-electron chi connectivity index (χ2n) is 5.02. The summed E-state index contributed by atoms with van der Waals surface area (Å²) in [5.41, 5.74) is 6.67. The summed E-state index contributed by atoms with van der Waals surface area (Å²) >= 11 is 0. The number of nitrogens with one attached hydrogen (secondary N) is 1. The van der Waals surface area contributed by atoms with Gasteiger partial charge in [-0.3, -0.25) is 19.3 Å².